The molecule has 3 amide bonds. The molecule has 0 unspecified atom stereocenters. The third-order valence-corrected chi connectivity index (χ3v) is 5.46. The first-order valence-corrected chi connectivity index (χ1v) is 12.9. The summed E-state index contributed by atoms with van der Waals surface area (Å²) in [5.74, 6) is -2.83. The predicted octanol–water partition coefficient (Wildman–Crippen LogP) is 0.924. The van der Waals surface area contributed by atoms with Gasteiger partial charge in [0.1, 0.15) is 11.6 Å². The standard InChI is InChI=1S/C26H33N9O7/c1-26(2,3)42-25(41)29-11-10-28-18(36)9-8-17(23(39)40)33-21(37)14-4-6-15(7-5-14)30-12-16-13-31-20-19(32-16)22(38)35-24(27)34-20/h4-7,13,17,30H,8-12H2,1-3H3,(H,28,36)(H,29,41)(H,33,37)(H,39,40)(H3,27,31,34,35,38)/t17-/m0/s1. The van der Waals surface area contributed by atoms with E-state index >= 15 is 0 Å². The van der Waals surface area contributed by atoms with Gasteiger partial charge in [-0.1, -0.05) is 0 Å². The lowest BCUT2D eigenvalue weighted by atomic mass is 10.1. The molecule has 224 valence electrons. The fourth-order valence-electron chi connectivity index (χ4n) is 3.51. The minimum atomic E-state index is -1.29. The molecule has 16 heteroatoms. The number of nitrogens with two attached hydrogens (primary N) is 1. The summed E-state index contributed by atoms with van der Waals surface area (Å²) in [6, 6.07) is 4.98. The van der Waals surface area contributed by atoms with Gasteiger partial charge in [-0.25, -0.2) is 19.6 Å². The van der Waals surface area contributed by atoms with E-state index in [9.17, 15) is 29.4 Å². The predicted molar refractivity (Wildman–Crippen MR) is 150 cm³/mol. The number of aromatic nitrogens is 4. The summed E-state index contributed by atoms with van der Waals surface area (Å²) in [5, 5.41) is 30.0. The molecule has 0 saturated carbocycles. The molecule has 8 N–H and O–H groups in total. The summed E-state index contributed by atoms with van der Waals surface area (Å²) in [5.41, 5.74) is 6.46. The third-order valence-electron chi connectivity index (χ3n) is 5.46. The van der Waals surface area contributed by atoms with E-state index in [4.69, 9.17) is 10.5 Å². The van der Waals surface area contributed by atoms with Gasteiger partial charge >= 0.3 is 12.1 Å². The first kappa shape index (κ1) is 31.3. The molecule has 0 bridgehead atoms. The maximum Gasteiger partial charge on any atom is 0.407 e. The molecule has 1 atom stereocenters. The van der Waals surface area contributed by atoms with Crippen molar-refractivity contribution in [3.05, 3.63) is 41.7 Å². The van der Waals surface area contributed by atoms with E-state index in [1.807, 2.05) is 0 Å². The number of hydrogen-bond donors (Lipinski definition) is 7. The van der Waals surface area contributed by atoms with Crippen molar-refractivity contribution in [2.45, 2.75) is 51.8 Å². The van der Waals surface area contributed by atoms with Gasteiger partial charge in [0, 0.05) is 30.8 Å². The molecule has 42 heavy (non-hydrogen) atoms. The minimum Gasteiger partial charge on any atom is -0.492 e. The summed E-state index contributed by atoms with van der Waals surface area (Å²) in [7, 11) is 0. The Morgan fingerprint density at radius 1 is 1.02 bits per heavy atom. The average molecular weight is 584 g/mol. The van der Waals surface area contributed by atoms with Crippen LogP contribution in [0.1, 0.15) is 49.7 Å². The number of nitrogen functional groups attached to an aromatic ring is 1. The molecule has 0 aliphatic carbocycles. The Kier molecular flexibility index (Phi) is 10.3. The Bertz CT molecular complexity index is 1440. The number of carboxylic acids is 1. The SMILES string of the molecule is CC(C)(C)OC(=O)NCCNC(=O)CC[C@H](NC(=O)c1ccc(NCc2cnc3nc(N)nc(O)c3n2)cc1)C(=O)O. The van der Waals surface area contributed by atoms with Crippen molar-refractivity contribution in [2.75, 3.05) is 24.1 Å². The Morgan fingerprint density at radius 3 is 2.38 bits per heavy atom. The van der Waals surface area contributed by atoms with Gasteiger partial charge in [-0.3, -0.25) is 9.59 Å². The lowest BCUT2D eigenvalue weighted by Gasteiger charge is -2.19. The average Bonchev–Trinajstić information content (AvgIpc) is 2.91. The van der Waals surface area contributed by atoms with Gasteiger partial charge in [-0.2, -0.15) is 9.97 Å². The number of carbonyl (C=O) groups is 4. The number of carboxylic acid groups (broad SMARTS) is 1. The van der Waals surface area contributed by atoms with Gasteiger partial charge in [-0.05, 0) is 51.5 Å². The molecule has 3 rings (SSSR count). The number of rotatable bonds is 12. The molecule has 3 aromatic rings. The van der Waals surface area contributed by atoms with E-state index in [1.165, 1.54) is 18.3 Å². The first-order valence-electron chi connectivity index (χ1n) is 12.9. The molecule has 0 aliphatic rings. The van der Waals surface area contributed by atoms with E-state index in [1.54, 1.807) is 32.9 Å². The topological polar surface area (TPSA) is 244 Å². The van der Waals surface area contributed by atoms with Gasteiger partial charge in [-0.15, -0.1) is 0 Å². The van der Waals surface area contributed by atoms with Crippen LogP contribution in [0.3, 0.4) is 0 Å². The lowest BCUT2D eigenvalue weighted by molar-refractivity contribution is -0.139. The van der Waals surface area contributed by atoms with E-state index in [-0.39, 0.29) is 61.0 Å². The molecule has 0 saturated heterocycles. The summed E-state index contributed by atoms with van der Waals surface area (Å²) in [6.45, 7) is 5.68. The number of nitrogens with one attached hydrogen (secondary N) is 4. The highest BCUT2D eigenvalue weighted by Gasteiger charge is 2.22. The number of ether oxygens (including phenoxy) is 1. The number of benzene rings is 1. The van der Waals surface area contributed by atoms with Crippen LogP contribution < -0.4 is 27.0 Å². The molecule has 2 heterocycles. The van der Waals surface area contributed by atoms with Crippen molar-refractivity contribution in [1.82, 2.24) is 35.9 Å². The van der Waals surface area contributed by atoms with Crippen molar-refractivity contribution >= 4 is 46.7 Å². The van der Waals surface area contributed by atoms with E-state index in [0.29, 0.717) is 11.4 Å². The molecular weight excluding hydrogens is 550 g/mol. The highest BCUT2D eigenvalue weighted by atomic mass is 16.6. The van der Waals surface area contributed by atoms with Crippen LogP contribution in [0.25, 0.3) is 11.2 Å². The fourth-order valence-corrected chi connectivity index (χ4v) is 3.51. The second kappa shape index (κ2) is 13.9. The molecule has 0 fully saturated rings. The summed E-state index contributed by atoms with van der Waals surface area (Å²) >= 11 is 0. The van der Waals surface area contributed by atoms with Crippen molar-refractivity contribution in [3.63, 3.8) is 0 Å². The lowest BCUT2D eigenvalue weighted by Crippen LogP contribution is -2.42. The number of alkyl carbamates (subject to hydrolysis) is 1. The Balaban J connectivity index is 1.45. The smallest absolute Gasteiger partial charge is 0.407 e. The Labute approximate surface area is 240 Å². The second-order valence-corrected chi connectivity index (χ2v) is 10.1. The largest absolute Gasteiger partial charge is 0.492 e. The monoisotopic (exact) mass is 583 g/mol. The zero-order chi connectivity index (χ0) is 30.9. The van der Waals surface area contributed by atoms with Crippen molar-refractivity contribution in [3.8, 4) is 5.88 Å². The van der Waals surface area contributed by atoms with E-state index < -0.39 is 35.5 Å². The molecular formula is C26H33N9O7. The van der Waals surface area contributed by atoms with Crippen molar-refractivity contribution < 1.29 is 34.1 Å². The quantitative estimate of drug-likeness (QED) is 0.147. The highest BCUT2D eigenvalue weighted by Crippen LogP contribution is 2.19. The molecule has 0 spiro atoms. The number of nitrogens with zero attached hydrogens (tertiary/aromatic N) is 4. The maximum atomic E-state index is 12.6. The van der Waals surface area contributed by atoms with Crippen LogP contribution in [0, 0.1) is 0 Å². The minimum absolute atomic E-state index is 0.108. The van der Waals surface area contributed by atoms with Gasteiger partial charge in [0.25, 0.3) is 5.91 Å². The molecule has 16 nitrogen and oxygen atoms in total. The number of carbonyl (C=O) groups excluding carboxylic acids is 3. The molecule has 0 radical (unpaired) electrons. The number of hydrogen-bond acceptors (Lipinski definition) is 12. The third kappa shape index (κ3) is 9.72. The van der Waals surface area contributed by atoms with Gasteiger partial charge in [0.2, 0.25) is 17.7 Å². The van der Waals surface area contributed by atoms with Gasteiger partial charge in [0.15, 0.2) is 11.2 Å². The molecule has 0 aliphatic heterocycles. The van der Waals surface area contributed by atoms with Gasteiger partial charge in [0.05, 0.1) is 18.4 Å². The Morgan fingerprint density at radius 2 is 1.71 bits per heavy atom. The van der Waals surface area contributed by atoms with Crippen LogP contribution in [0.2, 0.25) is 0 Å². The number of amides is 3. The first-order chi connectivity index (χ1) is 19.8. The van der Waals surface area contributed by atoms with Crippen LogP contribution >= 0.6 is 0 Å². The van der Waals surface area contributed by atoms with Crippen LogP contribution in [-0.4, -0.2) is 78.8 Å². The zero-order valence-electron chi connectivity index (χ0n) is 23.3. The van der Waals surface area contributed by atoms with Crippen LogP contribution in [-0.2, 0) is 20.9 Å². The normalized spacial score (nSPS) is 11.8. The number of aromatic hydroxyl groups is 1. The van der Waals surface area contributed by atoms with E-state index in [0.717, 1.165) is 0 Å². The molecule has 2 aromatic heterocycles. The summed E-state index contributed by atoms with van der Waals surface area (Å²) in [4.78, 5) is 64.0. The number of fused-ring (bicyclic) bond motifs is 1. The molecule has 1 aromatic carbocycles. The van der Waals surface area contributed by atoms with Crippen molar-refractivity contribution in [1.29, 1.82) is 0 Å². The van der Waals surface area contributed by atoms with Crippen molar-refractivity contribution in [2.24, 2.45) is 0 Å². The van der Waals surface area contributed by atoms with E-state index in [2.05, 4.69) is 41.2 Å². The van der Waals surface area contributed by atoms with Crippen LogP contribution in [0.5, 0.6) is 5.88 Å². The zero-order valence-corrected chi connectivity index (χ0v) is 23.3. The second-order valence-electron chi connectivity index (χ2n) is 10.1. The summed E-state index contributed by atoms with van der Waals surface area (Å²) < 4.78 is 5.09. The van der Waals surface area contributed by atoms with Crippen LogP contribution in [0.15, 0.2) is 30.5 Å². The Hall–Kier alpha value is -5.28. The highest BCUT2D eigenvalue weighted by molar-refractivity contribution is 5.97. The van der Waals surface area contributed by atoms with Gasteiger partial charge < -0.3 is 42.0 Å². The summed E-state index contributed by atoms with van der Waals surface area (Å²) in [6.07, 6.45) is 0.570. The van der Waals surface area contributed by atoms with Crippen LogP contribution in [0.4, 0.5) is 16.4 Å². The fraction of sp³-hybridized carbons (Fsp3) is 0.385. The number of anilines is 2. The maximum absolute atomic E-state index is 12.6. The number of aliphatic carboxylic acids is 1.